The molecule has 0 saturated carbocycles. The Balaban J connectivity index is 1.39. The molecule has 1 fully saturated rings. The minimum absolute atomic E-state index is 0.0818. The largest absolute Gasteiger partial charge is 0.494 e. The van der Waals surface area contributed by atoms with E-state index < -0.39 is 6.10 Å². The number of ether oxygens (including phenoxy) is 3. The van der Waals surface area contributed by atoms with E-state index in [0.29, 0.717) is 36.5 Å². The first kappa shape index (κ1) is 25.0. The second-order valence-electron chi connectivity index (χ2n) is 8.62. The lowest BCUT2D eigenvalue weighted by Crippen LogP contribution is -2.24. The first-order valence-electron chi connectivity index (χ1n) is 12.4. The Morgan fingerprint density at radius 1 is 0.818 bits per heavy atom. The van der Waals surface area contributed by atoms with Gasteiger partial charge < -0.3 is 14.2 Å². The van der Waals surface area contributed by atoms with Crippen molar-refractivity contribution in [3.63, 3.8) is 0 Å². The van der Waals surface area contributed by atoms with Crippen molar-refractivity contribution in [1.29, 1.82) is 0 Å². The third kappa shape index (κ3) is 8.32. The average Bonchev–Trinajstić information content (AvgIpc) is 3.39. The van der Waals surface area contributed by atoms with E-state index in [1.165, 1.54) is 44.9 Å². The van der Waals surface area contributed by atoms with Crippen molar-refractivity contribution < 1.29 is 23.8 Å². The van der Waals surface area contributed by atoms with Crippen molar-refractivity contribution in [1.82, 2.24) is 0 Å². The lowest BCUT2D eigenvalue weighted by Gasteiger charge is -2.10. The number of carbonyl (C=O) groups is 2. The summed E-state index contributed by atoms with van der Waals surface area (Å²) in [5, 5.41) is 0. The Labute approximate surface area is 197 Å². The molecule has 1 atom stereocenters. The molecule has 0 aliphatic carbocycles. The first-order valence-corrected chi connectivity index (χ1v) is 12.4. The quantitative estimate of drug-likeness (QED) is 0.141. The zero-order valence-corrected chi connectivity index (χ0v) is 19.7. The van der Waals surface area contributed by atoms with Crippen LogP contribution in [0.3, 0.4) is 0 Å². The van der Waals surface area contributed by atoms with E-state index in [4.69, 9.17) is 14.2 Å². The molecule has 2 aromatic carbocycles. The highest BCUT2D eigenvalue weighted by Gasteiger charge is 2.25. The van der Waals surface area contributed by atoms with Crippen LogP contribution in [-0.2, 0) is 9.53 Å². The van der Waals surface area contributed by atoms with E-state index in [2.05, 4.69) is 6.92 Å². The van der Waals surface area contributed by atoms with Crippen LogP contribution >= 0.6 is 0 Å². The lowest BCUT2D eigenvalue weighted by atomic mass is 10.0. The number of rotatable bonds is 14. The van der Waals surface area contributed by atoms with Gasteiger partial charge in [0.15, 0.2) is 11.9 Å². The van der Waals surface area contributed by atoms with Gasteiger partial charge >= 0.3 is 5.97 Å². The molecule has 0 radical (unpaired) electrons. The molecule has 5 nitrogen and oxygen atoms in total. The number of ketones is 1. The Bertz CT molecular complexity index is 851. The van der Waals surface area contributed by atoms with Gasteiger partial charge in [0.2, 0.25) is 0 Å². The Hall–Kier alpha value is -2.66. The van der Waals surface area contributed by atoms with Crippen LogP contribution in [0.25, 0.3) is 0 Å². The van der Waals surface area contributed by atoms with Gasteiger partial charge in [-0.15, -0.1) is 0 Å². The zero-order valence-electron chi connectivity index (χ0n) is 19.7. The van der Waals surface area contributed by atoms with Crippen molar-refractivity contribution in [3.8, 4) is 11.5 Å². The summed E-state index contributed by atoms with van der Waals surface area (Å²) in [5.74, 6) is 0.735. The van der Waals surface area contributed by atoms with Gasteiger partial charge in [0.05, 0.1) is 6.61 Å². The van der Waals surface area contributed by atoms with Crippen molar-refractivity contribution in [2.24, 2.45) is 0 Å². The maximum Gasteiger partial charge on any atom is 0.340 e. The van der Waals surface area contributed by atoms with Crippen LogP contribution in [0.4, 0.5) is 0 Å². The molecule has 1 aliphatic heterocycles. The van der Waals surface area contributed by atoms with Crippen molar-refractivity contribution in [3.05, 3.63) is 59.7 Å². The van der Waals surface area contributed by atoms with Crippen molar-refractivity contribution in [2.45, 2.75) is 77.2 Å². The van der Waals surface area contributed by atoms with Gasteiger partial charge in [0, 0.05) is 17.7 Å². The van der Waals surface area contributed by atoms with Gasteiger partial charge in [0.25, 0.3) is 0 Å². The number of hydrogen-bond donors (Lipinski definition) is 0. The Kier molecular flexibility index (Phi) is 10.4. The SMILES string of the molecule is CCCCCCCCCCOc1ccc(C(=O)c2ccc(OC(=O)[C@H]3CCCO3)cc2)cc1. The van der Waals surface area contributed by atoms with E-state index in [0.717, 1.165) is 18.6 Å². The molecule has 0 aromatic heterocycles. The zero-order chi connectivity index (χ0) is 23.3. The molecule has 1 saturated heterocycles. The molecule has 5 heteroatoms. The fourth-order valence-corrected chi connectivity index (χ4v) is 3.91. The standard InChI is InChI=1S/C28H36O5/c1-2-3-4-5-6-7-8-9-20-31-24-16-12-22(13-17-24)27(29)23-14-18-25(19-15-23)33-28(30)26-11-10-21-32-26/h12-19,26H,2-11,20-21H2,1H3/t26-/m1/s1. The van der Waals surface area contributed by atoms with Crippen LogP contribution in [0.5, 0.6) is 11.5 Å². The Morgan fingerprint density at radius 2 is 1.39 bits per heavy atom. The number of hydrogen-bond acceptors (Lipinski definition) is 5. The number of benzene rings is 2. The summed E-state index contributed by atoms with van der Waals surface area (Å²) >= 11 is 0. The molecule has 3 rings (SSSR count). The van der Waals surface area contributed by atoms with Crippen LogP contribution in [0.2, 0.25) is 0 Å². The molecule has 0 unspecified atom stereocenters. The Morgan fingerprint density at radius 3 is 1.97 bits per heavy atom. The highest BCUT2D eigenvalue weighted by atomic mass is 16.6. The minimum atomic E-state index is -0.484. The van der Waals surface area contributed by atoms with Crippen LogP contribution in [0, 0.1) is 0 Å². The number of carbonyl (C=O) groups excluding carboxylic acids is 2. The predicted octanol–water partition coefficient (Wildman–Crippen LogP) is 6.52. The molecule has 2 aromatic rings. The lowest BCUT2D eigenvalue weighted by molar-refractivity contribution is -0.144. The van der Waals surface area contributed by atoms with Crippen molar-refractivity contribution >= 4 is 11.8 Å². The molecule has 0 spiro atoms. The maximum absolute atomic E-state index is 12.8. The molecule has 0 N–H and O–H groups in total. The summed E-state index contributed by atoms with van der Waals surface area (Å²) in [5.41, 5.74) is 1.14. The van der Waals surface area contributed by atoms with Gasteiger partial charge in [-0.25, -0.2) is 4.79 Å². The second kappa shape index (κ2) is 13.8. The van der Waals surface area contributed by atoms with E-state index in [-0.39, 0.29) is 11.8 Å². The van der Waals surface area contributed by atoms with Gasteiger partial charge in [-0.05, 0) is 67.8 Å². The summed E-state index contributed by atoms with van der Waals surface area (Å²) in [7, 11) is 0. The van der Waals surface area contributed by atoms with Crippen LogP contribution in [0.1, 0.15) is 87.1 Å². The van der Waals surface area contributed by atoms with Gasteiger partial charge in [0.1, 0.15) is 11.5 Å². The monoisotopic (exact) mass is 452 g/mol. The van der Waals surface area contributed by atoms with E-state index >= 15 is 0 Å². The summed E-state index contributed by atoms with van der Waals surface area (Å²) in [6.45, 7) is 3.54. The molecule has 1 heterocycles. The van der Waals surface area contributed by atoms with Crippen molar-refractivity contribution in [2.75, 3.05) is 13.2 Å². The second-order valence-corrected chi connectivity index (χ2v) is 8.62. The van der Waals surface area contributed by atoms with Gasteiger partial charge in [-0.1, -0.05) is 51.9 Å². The average molecular weight is 453 g/mol. The number of esters is 1. The van der Waals surface area contributed by atoms with Gasteiger partial charge in [-0.3, -0.25) is 4.79 Å². The molecule has 0 bridgehead atoms. The molecular formula is C28H36O5. The third-order valence-corrected chi connectivity index (χ3v) is 5.91. The molecular weight excluding hydrogens is 416 g/mol. The highest BCUT2D eigenvalue weighted by Crippen LogP contribution is 2.20. The van der Waals surface area contributed by atoms with E-state index in [1.807, 2.05) is 12.1 Å². The third-order valence-electron chi connectivity index (χ3n) is 5.91. The molecule has 33 heavy (non-hydrogen) atoms. The van der Waals surface area contributed by atoms with E-state index in [1.54, 1.807) is 36.4 Å². The summed E-state index contributed by atoms with van der Waals surface area (Å²) in [6.07, 6.45) is 11.2. The molecule has 0 amide bonds. The smallest absolute Gasteiger partial charge is 0.340 e. The number of unbranched alkanes of at least 4 members (excludes halogenated alkanes) is 7. The fourth-order valence-electron chi connectivity index (χ4n) is 3.91. The van der Waals surface area contributed by atoms with Gasteiger partial charge in [-0.2, -0.15) is 0 Å². The van der Waals surface area contributed by atoms with Crippen LogP contribution < -0.4 is 9.47 Å². The molecule has 1 aliphatic rings. The minimum Gasteiger partial charge on any atom is -0.494 e. The van der Waals surface area contributed by atoms with Crippen LogP contribution in [-0.4, -0.2) is 31.1 Å². The normalized spacial score (nSPS) is 15.4. The van der Waals surface area contributed by atoms with E-state index in [9.17, 15) is 9.59 Å². The highest BCUT2D eigenvalue weighted by molar-refractivity contribution is 6.09. The topological polar surface area (TPSA) is 61.8 Å². The summed E-state index contributed by atoms with van der Waals surface area (Å²) in [6, 6.07) is 13.9. The summed E-state index contributed by atoms with van der Waals surface area (Å²) in [4.78, 5) is 24.8. The predicted molar refractivity (Wildman–Crippen MR) is 129 cm³/mol. The first-order chi connectivity index (χ1) is 16.2. The molecule has 178 valence electrons. The maximum atomic E-state index is 12.8. The van der Waals surface area contributed by atoms with Crippen LogP contribution in [0.15, 0.2) is 48.5 Å². The fraction of sp³-hybridized carbons (Fsp3) is 0.500. The summed E-state index contributed by atoms with van der Waals surface area (Å²) < 4.78 is 16.5.